The van der Waals surface area contributed by atoms with E-state index >= 15 is 0 Å². The first-order valence-corrected chi connectivity index (χ1v) is 10.3. The van der Waals surface area contributed by atoms with Gasteiger partial charge in [0.05, 0.1) is 12.9 Å². The third kappa shape index (κ3) is 4.52. The van der Waals surface area contributed by atoms with E-state index in [-0.39, 0.29) is 17.0 Å². The number of nitrogen functional groups attached to an aromatic ring is 1. The number of nitrogens with two attached hydrogens (primary N) is 1. The third-order valence-corrected chi connectivity index (χ3v) is 4.68. The minimum Gasteiger partial charge on any atom is -0.387 e. The van der Waals surface area contributed by atoms with Crippen LogP contribution in [0.25, 0.3) is 11.2 Å². The number of aliphatic hydroxyl groups is 1. The van der Waals surface area contributed by atoms with Crippen LogP contribution in [0, 0.1) is 6.08 Å². The van der Waals surface area contributed by atoms with E-state index in [0.717, 1.165) is 10.9 Å². The number of fused-ring (bicyclic) bond motifs is 1. The van der Waals surface area contributed by atoms with E-state index in [9.17, 15) is 18.6 Å². The summed E-state index contributed by atoms with van der Waals surface area (Å²) in [6, 6.07) is 0. The van der Waals surface area contributed by atoms with E-state index in [1.54, 1.807) is 0 Å². The van der Waals surface area contributed by atoms with Crippen LogP contribution in [-0.4, -0.2) is 69.1 Å². The average Bonchev–Trinajstić information content (AvgIpc) is 3.06. The predicted octanol–water partition coefficient (Wildman–Crippen LogP) is -1.61. The van der Waals surface area contributed by atoms with Crippen molar-refractivity contribution >= 4 is 32.6 Å². The van der Waals surface area contributed by atoms with Gasteiger partial charge in [0.15, 0.2) is 23.2 Å². The quantitative estimate of drug-likeness (QED) is 0.217. The number of hydrogen-bond acceptors (Lipinski definition) is 10. The maximum atomic E-state index is 13.5. The largest absolute Gasteiger partial charge is 0.470 e. The van der Waals surface area contributed by atoms with Crippen LogP contribution in [0.3, 0.4) is 0 Å². The number of aliphatic hydroxyl groups excluding tert-OH is 1. The van der Waals surface area contributed by atoms with Crippen LogP contribution in [0.5, 0.6) is 0 Å². The van der Waals surface area contributed by atoms with E-state index in [0.29, 0.717) is 0 Å². The highest BCUT2D eigenvalue weighted by molar-refractivity contribution is 7.46. The zero-order chi connectivity index (χ0) is 20.9. The Hall–Kier alpha value is -1.58. The molecule has 0 aromatic carbocycles. The van der Waals surface area contributed by atoms with Gasteiger partial charge in [0.1, 0.15) is 18.3 Å². The van der Waals surface area contributed by atoms with Gasteiger partial charge in [-0.1, -0.05) is 0 Å². The molecule has 0 aliphatic carbocycles. The summed E-state index contributed by atoms with van der Waals surface area (Å²) in [5.41, 5.74) is 5.23. The molecule has 156 valence electrons. The predicted molar refractivity (Wildman–Crippen MR) is 84.5 cm³/mol. The normalized spacial score (nSPS) is 26.2. The minimum absolute atomic E-state index is 0.0654. The summed E-state index contributed by atoms with van der Waals surface area (Å²) < 4.78 is 50.8. The number of hydrogen-bond donors (Lipinski definition) is 6. The van der Waals surface area contributed by atoms with Crippen molar-refractivity contribution in [1.82, 2.24) is 19.5 Å². The van der Waals surface area contributed by atoms with Gasteiger partial charge in [0.25, 0.3) is 0 Å². The van der Waals surface area contributed by atoms with Crippen molar-refractivity contribution in [2.24, 2.45) is 0 Å². The Morgan fingerprint density at radius 1 is 1.25 bits per heavy atom. The standard InChI is InChI=1S/C10H14FN5O10P2/c11-10-14-7(12)4-8(15-10)16(2-13-4)9-6(26-28(21,22)23)5(17)3(25-9)1-24-27(18,19)20/h2-3,5-6,9,17H,1H2,(H2,12,14,15)(H2,18,19,20)(H2,21,22,23)/t3-,5-,6+,9-/m1/s1. The smallest absolute Gasteiger partial charge is 0.387 e. The number of halogens is 1. The molecule has 1 saturated heterocycles. The molecule has 7 N–H and O–H groups in total. The molecule has 15 nitrogen and oxygen atoms in total. The van der Waals surface area contributed by atoms with Gasteiger partial charge in [-0.15, -0.1) is 0 Å². The Labute approximate surface area is 154 Å². The summed E-state index contributed by atoms with van der Waals surface area (Å²) in [7, 11) is -10.1. The van der Waals surface area contributed by atoms with Crippen LogP contribution in [0.1, 0.15) is 6.23 Å². The highest BCUT2D eigenvalue weighted by atomic mass is 31.2. The molecule has 1 aliphatic heterocycles. The fraction of sp³-hybridized carbons (Fsp3) is 0.500. The Bertz CT molecular complexity index is 977. The summed E-state index contributed by atoms with van der Waals surface area (Å²) in [4.78, 5) is 46.4. The summed E-state index contributed by atoms with van der Waals surface area (Å²) in [5, 5.41) is 10.3. The second-order valence-corrected chi connectivity index (χ2v) is 8.04. The van der Waals surface area contributed by atoms with Crippen molar-refractivity contribution in [3.63, 3.8) is 0 Å². The molecule has 18 heteroatoms. The molecule has 2 aromatic heterocycles. The molecule has 0 radical (unpaired) electrons. The number of imidazole rings is 1. The second-order valence-electron chi connectivity index (χ2n) is 5.60. The number of phosphoric acid groups is 2. The maximum Gasteiger partial charge on any atom is 0.470 e. The van der Waals surface area contributed by atoms with Gasteiger partial charge in [0.2, 0.25) is 0 Å². The van der Waals surface area contributed by atoms with Gasteiger partial charge in [-0.25, -0.2) is 14.1 Å². The fourth-order valence-corrected chi connectivity index (χ4v) is 3.51. The summed E-state index contributed by atoms with van der Waals surface area (Å²) in [5.74, 6) is -0.325. The Kier molecular flexibility index (Phi) is 5.55. The molecule has 1 fully saturated rings. The molecule has 2 aromatic rings. The van der Waals surface area contributed by atoms with Crippen molar-refractivity contribution in [2.75, 3.05) is 12.3 Å². The third-order valence-electron chi connectivity index (χ3n) is 3.67. The first-order chi connectivity index (χ1) is 12.9. The van der Waals surface area contributed by atoms with Crippen LogP contribution in [0.2, 0.25) is 0 Å². The molecule has 0 amide bonds. The van der Waals surface area contributed by atoms with Gasteiger partial charge in [-0.05, 0) is 0 Å². The van der Waals surface area contributed by atoms with Gasteiger partial charge in [0, 0.05) is 0 Å². The topological polar surface area (TPSA) is 233 Å². The van der Waals surface area contributed by atoms with Crippen molar-refractivity contribution in [2.45, 2.75) is 24.5 Å². The number of nitrogens with zero attached hydrogens (tertiary/aromatic N) is 4. The van der Waals surface area contributed by atoms with Crippen LogP contribution in [0.15, 0.2) is 6.33 Å². The lowest BCUT2D eigenvalue weighted by Crippen LogP contribution is -2.35. The summed E-state index contributed by atoms with van der Waals surface area (Å²) >= 11 is 0. The van der Waals surface area contributed by atoms with E-state index in [4.69, 9.17) is 30.0 Å². The van der Waals surface area contributed by atoms with Crippen molar-refractivity contribution in [1.29, 1.82) is 0 Å². The second kappa shape index (κ2) is 7.35. The van der Waals surface area contributed by atoms with Crippen molar-refractivity contribution in [3.05, 3.63) is 12.4 Å². The molecule has 3 heterocycles. The van der Waals surface area contributed by atoms with E-state index in [1.807, 2.05) is 0 Å². The monoisotopic (exact) mass is 445 g/mol. The Balaban J connectivity index is 1.99. The molecule has 4 atom stereocenters. The highest BCUT2D eigenvalue weighted by Crippen LogP contribution is 2.46. The molecule has 0 unspecified atom stereocenters. The van der Waals surface area contributed by atoms with E-state index in [2.05, 4.69) is 24.0 Å². The number of phosphoric ester groups is 2. The molecule has 0 spiro atoms. The van der Waals surface area contributed by atoms with E-state index in [1.165, 1.54) is 0 Å². The maximum absolute atomic E-state index is 13.5. The minimum atomic E-state index is -5.15. The van der Waals surface area contributed by atoms with Gasteiger partial charge >= 0.3 is 21.7 Å². The molecular formula is C10H14FN5O10P2. The fourth-order valence-electron chi connectivity index (χ4n) is 2.62. The average molecular weight is 445 g/mol. The zero-order valence-electron chi connectivity index (χ0n) is 13.5. The molecule has 0 saturated carbocycles. The first-order valence-electron chi connectivity index (χ1n) is 7.29. The van der Waals surface area contributed by atoms with Crippen LogP contribution < -0.4 is 5.73 Å². The number of rotatable bonds is 6. The SMILES string of the molecule is Nc1nc(F)nc2c1ncn2[C@@H]1O[C@H](COP(=O)(O)O)[C@@H](O)[C@@H]1OP(=O)(O)O. The first kappa shape index (κ1) is 21.1. The van der Waals surface area contributed by atoms with Crippen molar-refractivity contribution in [3.8, 4) is 0 Å². The lowest BCUT2D eigenvalue weighted by molar-refractivity contribution is -0.0498. The van der Waals surface area contributed by atoms with E-state index < -0.39 is 52.9 Å². The van der Waals surface area contributed by atoms with Gasteiger partial charge in [-0.3, -0.25) is 13.6 Å². The molecule has 0 bridgehead atoms. The number of aromatic nitrogens is 4. The number of anilines is 1. The van der Waals surface area contributed by atoms with Crippen molar-refractivity contribution < 1.29 is 52.0 Å². The van der Waals surface area contributed by atoms with Crippen LogP contribution in [-0.2, 0) is 22.9 Å². The Morgan fingerprint density at radius 3 is 2.54 bits per heavy atom. The van der Waals surface area contributed by atoms with Crippen LogP contribution >= 0.6 is 15.6 Å². The van der Waals surface area contributed by atoms with Gasteiger partial charge < -0.3 is 35.2 Å². The lowest BCUT2D eigenvalue weighted by Gasteiger charge is -2.22. The summed E-state index contributed by atoms with van der Waals surface area (Å²) in [6.45, 7) is -0.846. The summed E-state index contributed by atoms with van der Waals surface area (Å²) in [6.07, 6.45) is -6.77. The molecule has 28 heavy (non-hydrogen) atoms. The highest BCUT2D eigenvalue weighted by Gasteiger charge is 2.49. The zero-order valence-corrected chi connectivity index (χ0v) is 15.3. The van der Waals surface area contributed by atoms with Gasteiger partial charge in [-0.2, -0.15) is 14.4 Å². The Morgan fingerprint density at radius 2 is 1.93 bits per heavy atom. The van der Waals surface area contributed by atoms with Crippen LogP contribution in [0.4, 0.5) is 10.2 Å². The molecule has 3 rings (SSSR count). The lowest BCUT2D eigenvalue weighted by atomic mass is 10.1. The number of ether oxygens (including phenoxy) is 1. The molecular weight excluding hydrogens is 431 g/mol. The molecule has 1 aliphatic rings.